The fourth-order valence-electron chi connectivity index (χ4n) is 1.31. The highest BCUT2D eigenvalue weighted by molar-refractivity contribution is 5.85. The van der Waals surface area contributed by atoms with Gasteiger partial charge in [-0.25, -0.2) is 4.39 Å². The van der Waals surface area contributed by atoms with Gasteiger partial charge in [0.2, 0.25) is 5.91 Å². The van der Waals surface area contributed by atoms with Crippen LogP contribution in [-0.2, 0) is 11.2 Å². The second kappa shape index (κ2) is 8.03. The van der Waals surface area contributed by atoms with E-state index in [-0.39, 0.29) is 30.2 Å². The second-order valence-electron chi connectivity index (χ2n) is 3.83. The first-order valence-electron chi connectivity index (χ1n) is 5.35. The third-order valence-electron chi connectivity index (χ3n) is 2.31. The Kier molecular flexibility index (Phi) is 7.50. The van der Waals surface area contributed by atoms with Crippen LogP contribution in [0.2, 0.25) is 0 Å². The van der Waals surface area contributed by atoms with Gasteiger partial charge in [0.1, 0.15) is 5.82 Å². The van der Waals surface area contributed by atoms with Gasteiger partial charge < -0.3 is 11.1 Å². The summed E-state index contributed by atoms with van der Waals surface area (Å²) in [5.74, 6) is -0.285. The molecule has 0 unspecified atom stereocenters. The van der Waals surface area contributed by atoms with E-state index in [0.717, 1.165) is 5.56 Å². The highest BCUT2D eigenvalue weighted by atomic mass is 35.5. The van der Waals surface area contributed by atoms with Gasteiger partial charge in [0.05, 0.1) is 0 Å². The molecule has 1 rings (SSSR count). The minimum Gasteiger partial charge on any atom is -0.352 e. The maximum absolute atomic E-state index is 12.6. The SMILES string of the molecule is C[C@@H](CN)NC(=O)CCc1ccc(F)cc1.Cl. The smallest absolute Gasteiger partial charge is 0.220 e. The summed E-state index contributed by atoms with van der Waals surface area (Å²) in [5.41, 5.74) is 6.34. The minimum atomic E-state index is -0.259. The molecule has 3 nitrogen and oxygen atoms in total. The average Bonchev–Trinajstić information content (AvgIpc) is 2.28. The summed E-state index contributed by atoms with van der Waals surface area (Å²) in [6.07, 6.45) is 1.01. The van der Waals surface area contributed by atoms with E-state index in [4.69, 9.17) is 5.73 Å². The van der Waals surface area contributed by atoms with E-state index in [9.17, 15) is 9.18 Å². The Morgan fingerprint density at radius 1 is 1.41 bits per heavy atom. The number of carbonyl (C=O) groups is 1. The van der Waals surface area contributed by atoms with Crippen LogP contribution < -0.4 is 11.1 Å². The fraction of sp³-hybridized carbons (Fsp3) is 0.417. The molecule has 1 amide bonds. The molecule has 17 heavy (non-hydrogen) atoms. The monoisotopic (exact) mass is 260 g/mol. The molecule has 1 aromatic rings. The first-order valence-corrected chi connectivity index (χ1v) is 5.35. The van der Waals surface area contributed by atoms with E-state index in [1.54, 1.807) is 12.1 Å². The van der Waals surface area contributed by atoms with E-state index in [0.29, 0.717) is 19.4 Å². The Hall–Kier alpha value is -1.13. The van der Waals surface area contributed by atoms with E-state index in [1.165, 1.54) is 12.1 Å². The molecule has 0 aromatic heterocycles. The summed E-state index contributed by atoms with van der Waals surface area (Å²) >= 11 is 0. The molecule has 0 aliphatic carbocycles. The van der Waals surface area contributed by atoms with Gasteiger partial charge in [-0.3, -0.25) is 4.79 Å². The van der Waals surface area contributed by atoms with Crippen molar-refractivity contribution in [1.82, 2.24) is 5.32 Å². The van der Waals surface area contributed by atoms with Gasteiger partial charge in [0, 0.05) is 19.0 Å². The lowest BCUT2D eigenvalue weighted by Gasteiger charge is -2.10. The summed E-state index contributed by atoms with van der Waals surface area (Å²) in [4.78, 5) is 11.4. The van der Waals surface area contributed by atoms with Crippen molar-refractivity contribution in [3.63, 3.8) is 0 Å². The van der Waals surface area contributed by atoms with Gasteiger partial charge in [-0.05, 0) is 31.0 Å². The second-order valence-corrected chi connectivity index (χ2v) is 3.83. The zero-order chi connectivity index (χ0) is 12.0. The molecule has 1 atom stereocenters. The fourth-order valence-corrected chi connectivity index (χ4v) is 1.31. The third kappa shape index (κ3) is 6.24. The number of rotatable bonds is 5. The van der Waals surface area contributed by atoms with Crippen LogP contribution in [0.4, 0.5) is 4.39 Å². The first-order chi connectivity index (χ1) is 7.61. The van der Waals surface area contributed by atoms with Crippen molar-refractivity contribution < 1.29 is 9.18 Å². The first kappa shape index (κ1) is 15.9. The van der Waals surface area contributed by atoms with Gasteiger partial charge in [-0.2, -0.15) is 0 Å². The van der Waals surface area contributed by atoms with E-state index >= 15 is 0 Å². The van der Waals surface area contributed by atoms with Crippen molar-refractivity contribution in [2.75, 3.05) is 6.54 Å². The number of carbonyl (C=O) groups excluding carboxylic acids is 1. The molecular weight excluding hydrogens is 243 g/mol. The topological polar surface area (TPSA) is 55.1 Å². The molecule has 0 saturated heterocycles. The number of hydrogen-bond donors (Lipinski definition) is 2. The Bertz CT molecular complexity index is 343. The Labute approximate surface area is 107 Å². The molecular formula is C12H18ClFN2O. The quantitative estimate of drug-likeness (QED) is 0.846. The zero-order valence-electron chi connectivity index (χ0n) is 9.78. The lowest BCUT2D eigenvalue weighted by Crippen LogP contribution is -2.37. The number of halogens is 2. The van der Waals surface area contributed by atoms with Crippen LogP contribution in [0.15, 0.2) is 24.3 Å². The van der Waals surface area contributed by atoms with Gasteiger partial charge in [-0.1, -0.05) is 12.1 Å². The Morgan fingerprint density at radius 3 is 2.53 bits per heavy atom. The zero-order valence-corrected chi connectivity index (χ0v) is 10.6. The molecule has 96 valence electrons. The summed E-state index contributed by atoms with van der Waals surface area (Å²) in [6.45, 7) is 2.29. The normalized spacial score (nSPS) is 11.5. The van der Waals surface area contributed by atoms with Gasteiger partial charge in [0.15, 0.2) is 0 Å². The highest BCUT2D eigenvalue weighted by Crippen LogP contribution is 2.05. The molecule has 0 spiro atoms. The van der Waals surface area contributed by atoms with Crippen LogP contribution in [0.1, 0.15) is 18.9 Å². The maximum Gasteiger partial charge on any atom is 0.220 e. The van der Waals surface area contributed by atoms with Crippen LogP contribution in [0.5, 0.6) is 0 Å². The predicted molar refractivity (Wildman–Crippen MR) is 68.6 cm³/mol. The van der Waals surface area contributed by atoms with Crippen LogP contribution in [0, 0.1) is 5.82 Å². The molecule has 0 fully saturated rings. The van der Waals surface area contributed by atoms with Crippen LogP contribution in [-0.4, -0.2) is 18.5 Å². The molecule has 1 aromatic carbocycles. The van der Waals surface area contributed by atoms with Gasteiger partial charge in [0.25, 0.3) is 0 Å². The summed E-state index contributed by atoms with van der Waals surface area (Å²) in [5, 5.41) is 2.77. The van der Waals surface area contributed by atoms with E-state index in [2.05, 4.69) is 5.32 Å². The van der Waals surface area contributed by atoms with E-state index < -0.39 is 0 Å². The van der Waals surface area contributed by atoms with Crippen molar-refractivity contribution in [2.45, 2.75) is 25.8 Å². The lowest BCUT2D eigenvalue weighted by molar-refractivity contribution is -0.121. The number of nitrogens with two attached hydrogens (primary N) is 1. The van der Waals surface area contributed by atoms with Gasteiger partial charge >= 0.3 is 0 Å². The average molecular weight is 261 g/mol. The Balaban J connectivity index is 0.00000256. The molecule has 3 N–H and O–H groups in total. The van der Waals surface area contributed by atoms with Crippen molar-refractivity contribution in [2.24, 2.45) is 5.73 Å². The molecule has 0 aliphatic rings. The van der Waals surface area contributed by atoms with Gasteiger partial charge in [-0.15, -0.1) is 12.4 Å². The minimum absolute atomic E-state index is 0. The standard InChI is InChI=1S/C12H17FN2O.ClH/c1-9(8-14)15-12(16)7-4-10-2-5-11(13)6-3-10;/h2-3,5-6,9H,4,7-8,14H2,1H3,(H,15,16);1H/t9-;/m0./s1. The molecule has 0 bridgehead atoms. The van der Waals surface area contributed by atoms with Crippen LogP contribution >= 0.6 is 12.4 Å². The highest BCUT2D eigenvalue weighted by Gasteiger charge is 2.05. The largest absolute Gasteiger partial charge is 0.352 e. The molecule has 0 saturated carbocycles. The lowest BCUT2D eigenvalue weighted by atomic mass is 10.1. The number of hydrogen-bond acceptors (Lipinski definition) is 2. The maximum atomic E-state index is 12.6. The molecule has 5 heteroatoms. The molecule has 0 radical (unpaired) electrons. The summed E-state index contributed by atoms with van der Waals surface area (Å²) in [7, 11) is 0. The number of benzene rings is 1. The van der Waals surface area contributed by atoms with E-state index in [1.807, 2.05) is 6.92 Å². The van der Waals surface area contributed by atoms with Crippen molar-refractivity contribution in [3.05, 3.63) is 35.6 Å². The van der Waals surface area contributed by atoms with Crippen molar-refractivity contribution in [3.8, 4) is 0 Å². The number of amides is 1. The summed E-state index contributed by atoms with van der Waals surface area (Å²) in [6, 6.07) is 6.18. The molecule has 0 heterocycles. The van der Waals surface area contributed by atoms with Crippen LogP contribution in [0.25, 0.3) is 0 Å². The predicted octanol–water partition coefficient (Wildman–Crippen LogP) is 1.64. The number of aryl methyl sites for hydroxylation is 1. The number of nitrogens with one attached hydrogen (secondary N) is 1. The summed E-state index contributed by atoms with van der Waals surface area (Å²) < 4.78 is 12.6. The third-order valence-corrected chi connectivity index (χ3v) is 2.31. The molecule has 0 aliphatic heterocycles. The van der Waals surface area contributed by atoms with Crippen molar-refractivity contribution >= 4 is 18.3 Å². The van der Waals surface area contributed by atoms with Crippen molar-refractivity contribution in [1.29, 1.82) is 0 Å². The Morgan fingerprint density at radius 2 is 2.00 bits per heavy atom. The van der Waals surface area contributed by atoms with Crippen LogP contribution in [0.3, 0.4) is 0 Å².